The minimum Gasteiger partial charge on any atom is -0.384 e. The minimum absolute atomic E-state index is 0.284. The Balaban J connectivity index is 1.79. The van der Waals surface area contributed by atoms with Gasteiger partial charge >= 0.3 is 0 Å². The lowest BCUT2D eigenvalue weighted by Crippen LogP contribution is -2.13. The molecule has 0 unspecified atom stereocenters. The van der Waals surface area contributed by atoms with Gasteiger partial charge in [0.25, 0.3) is 5.91 Å². The molecule has 0 aliphatic heterocycles. The number of aromatic nitrogens is 2. The Morgan fingerprint density at radius 2 is 1.79 bits per heavy atom. The zero-order valence-electron chi connectivity index (χ0n) is 12.5. The summed E-state index contributed by atoms with van der Waals surface area (Å²) < 4.78 is 0. The summed E-state index contributed by atoms with van der Waals surface area (Å²) in [5.41, 5.74) is 8.04. The summed E-state index contributed by atoms with van der Waals surface area (Å²) in [5, 5.41) is 6.67. The maximum atomic E-state index is 12.3. The summed E-state index contributed by atoms with van der Waals surface area (Å²) in [7, 11) is 0. The predicted molar refractivity (Wildman–Crippen MR) is 95.6 cm³/mol. The smallest absolute Gasteiger partial charge is 0.257 e. The van der Waals surface area contributed by atoms with Crippen LogP contribution < -0.4 is 16.4 Å². The summed E-state index contributed by atoms with van der Waals surface area (Å²) in [6.07, 6.45) is 4.66. The minimum atomic E-state index is -0.284. The Bertz CT molecular complexity index is 850. The molecule has 0 fully saturated rings. The molecule has 4 N–H and O–H groups in total. The van der Waals surface area contributed by atoms with Crippen molar-refractivity contribution < 1.29 is 4.79 Å². The molecule has 0 atom stereocenters. The fraction of sp³-hybridized carbons (Fsp3) is 0. The van der Waals surface area contributed by atoms with Crippen LogP contribution in [0.3, 0.4) is 0 Å². The highest BCUT2D eigenvalue weighted by Gasteiger charge is 2.10. The number of nitrogens with zero attached hydrogens (tertiary/aromatic N) is 2. The van der Waals surface area contributed by atoms with E-state index in [0.29, 0.717) is 27.8 Å². The van der Waals surface area contributed by atoms with Gasteiger partial charge in [-0.1, -0.05) is 11.6 Å². The van der Waals surface area contributed by atoms with Gasteiger partial charge in [0.05, 0.1) is 23.1 Å². The lowest BCUT2D eigenvalue weighted by Gasteiger charge is -2.12. The van der Waals surface area contributed by atoms with Crippen LogP contribution in [-0.2, 0) is 0 Å². The van der Waals surface area contributed by atoms with Gasteiger partial charge < -0.3 is 16.4 Å². The van der Waals surface area contributed by atoms with E-state index in [1.807, 2.05) is 12.1 Å². The monoisotopic (exact) mass is 339 g/mol. The van der Waals surface area contributed by atoms with E-state index in [1.165, 1.54) is 6.20 Å². The molecule has 2 heterocycles. The fourth-order valence-corrected chi connectivity index (χ4v) is 2.15. The highest BCUT2D eigenvalue weighted by molar-refractivity contribution is 6.30. The van der Waals surface area contributed by atoms with E-state index >= 15 is 0 Å². The average molecular weight is 340 g/mol. The van der Waals surface area contributed by atoms with Crippen molar-refractivity contribution in [2.45, 2.75) is 0 Å². The van der Waals surface area contributed by atoms with Gasteiger partial charge in [-0.15, -0.1) is 0 Å². The number of halogens is 1. The first-order valence-electron chi connectivity index (χ1n) is 7.11. The third-order valence-electron chi connectivity index (χ3n) is 3.24. The number of benzene rings is 1. The van der Waals surface area contributed by atoms with Crippen molar-refractivity contribution >= 4 is 40.4 Å². The van der Waals surface area contributed by atoms with Crippen LogP contribution in [0.1, 0.15) is 10.4 Å². The second kappa shape index (κ2) is 6.97. The highest BCUT2D eigenvalue weighted by atomic mass is 35.5. The molecular weight excluding hydrogens is 326 g/mol. The first kappa shape index (κ1) is 15.8. The fourth-order valence-electron chi connectivity index (χ4n) is 2.03. The van der Waals surface area contributed by atoms with Crippen molar-refractivity contribution in [1.82, 2.24) is 9.97 Å². The molecule has 1 aromatic carbocycles. The number of anilines is 4. The van der Waals surface area contributed by atoms with E-state index in [0.717, 1.165) is 5.69 Å². The van der Waals surface area contributed by atoms with Crippen molar-refractivity contribution in [3.8, 4) is 0 Å². The number of hydrogen-bond donors (Lipinski definition) is 3. The van der Waals surface area contributed by atoms with E-state index in [4.69, 9.17) is 17.3 Å². The largest absolute Gasteiger partial charge is 0.384 e. The van der Waals surface area contributed by atoms with Crippen molar-refractivity contribution in [3.63, 3.8) is 0 Å². The van der Waals surface area contributed by atoms with Gasteiger partial charge in [0.2, 0.25) is 0 Å². The maximum absolute atomic E-state index is 12.3. The van der Waals surface area contributed by atoms with E-state index in [-0.39, 0.29) is 5.91 Å². The number of amides is 1. The zero-order valence-corrected chi connectivity index (χ0v) is 13.3. The molecule has 0 saturated heterocycles. The summed E-state index contributed by atoms with van der Waals surface area (Å²) in [4.78, 5) is 20.3. The number of carbonyl (C=O) groups excluding carboxylic acids is 1. The number of nitrogens with one attached hydrogen (secondary N) is 2. The molecule has 3 rings (SSSR count). The van der Waals surface area contributed by atoms with Gasteiger partial charge in [-0.3, -0.25) is 9.78 Å². The molecule has 7 heteroatoms. The molecule has 6 nitrogen and oxygen atoms in total. The first-order chi connectivity index (χ1) is 11.6. The van der Waals surface area contributed by atoms with E-state index < -0.39 is 0 Å². The Labute approximate surface area is 143 Å². The molecule has 0 aliphatic carbocycles. The third-order valence-corrected chi connectivity index (χ3v) is 3.49. The van der Waals surface area contributed by atoms with Crippen LogP contribution in [0, 0.1) is 0 Å². The molecule has 1 amide bonds. The topological polar surface area (TPSA) is 92.9 Å². The highest BCUT2D eigenvalue weighted by Crippen LogP contribution is 2.25. The van der Waals surface area contributed by atoms with E-state index in [9.17, 15) is 4.79 Å². The van der Waals surface area contributed by atoms with Gasteiger partial charge in [0.15, 0.2) is 0 Å². The number of nitrogens with two attached hydrogens (primary N) is 1. The molecule has 0 saturated carbocycles. The number of carbonyl (C=O) groups is 1. The second-order valence-electron chi connectivity index (χ2n) is 4.98. The normalized spacial score (nSPS) is 10.2. The van der Waals surface area contributed by atoms with E-state index in [2.05, 4.69) is 20.6 Å². The van der Waals surface area contributed by atoms with Gasteiger partial charge in [-0.05, 0) is 42.5 Å². The van der Waals surface area contributed by atoms with Crippen molar-refractivity contribution in [2.75, 3.05) is 16.4 Å². The number of rotatable bonds is 4. The molecule has 24 heavy (non-hydrogen) atoms. The zero-order chi connectivity index (χ0) is 16.9. The molecule has 3 aromatic rings. The first-order valence-corrected chi connectivity index (χ1v) is 7.49. The summed E-state index contributed by atoms with van der Waals surface area (Å²) in [6, 6.07) is 12.1. The van der Waals surface area contributed by atoms with Crippen LogP contribution in [0.5, 0.6) is 0 Å². The van der Waals surface area contributed by atoms with Gasteiger partial charge in [0, 0.05) is 23.1 Å². The summed E-state index contributed by atoms with van der Waals surface area (Å²) >= 11 is 5.88. The van der Waals surface area contributed by atoms with Gasteiger partial charge in [-0.2, -0.15) is 0 Å². The van der Waals surface area contributed by atoms with Crippen LogP contribution in [0.4, 0.5) is 22.9 Å². The lowest BCUT2D eigenvalue weighted by molar-refractivity contribution is 0.102. The van der Waals surface area contributed by atoms with E-state index in [1.54, 1.807) is 42.7 Å². The van der Waals surface area contributed by atoms with Crippen molar-refractivity contribution in [3.05, 3.63) is 71.6 Å². The van der Waals surface area contributed by atoms with Crippen LogP contribution in [0.15, 0.2) is 61.1 Å². The summed E-state index contributed by atoms with van der Waals surface area (Å²) in [5.74, 6) is 0.0772. The lowest BCUT2D eigenvalue weighted by atomic mass is 10.2. The molecule has 120 valence electrons. The number of hydrogen-bond acceptors (Lipinski definition) is 5. The van der Waals surface area contributed by atoms with Gasteiger partial charge in [-0.25, -0.2) is 4.98 Å². The second-order valence-corrected chi connectivity index (χ2v) is 5.42. The van der Waals surface area contributed by atoms with Gasteiger partial charge in [0.1, 0.15) is 5.82 Å². The van der Waals surface area contributed by atoms with Crippen LogP contribution >= 0.6 is 11.6 Å². The Kier molecular flexibility index (Phi) is 4.58. The van der Waals surface area contributed by atoms with Crippen LogP contribution in [-0.4, -0.2) is 15.9 Å². The maximum Gasteiger partial charge on any atom is 0.257 e. The molecule has 2 aromatic heterocycles. The molecule has 0 bridgehead atoms. The molecule has 0 radical (unpaired) electrons. The molecular formula is C17H14ClN5O. The molecule has 0 spiro atoms. The van der Waals surface area contributed by atoms with Crippen LogP contribution in [0.2, 0.25) is 5.02 Å². The third kappa shape index (κ3) is 3.80. The Hall–Kier alpha value is -3.12. The Morgan fingerprint density at radius 1 is 1.00 bits per heavy atom. The van der Waals surface area contributed by atoms with Crippen LogP contribution in [0.25, 0.3) is 0 Å². The van der Waals surface area contributed by atoms with Crippen molar-refractivity contribution in [1.29, 1.82) is 0 Å². The quantitative estimate of drug-likeness (QED) is 0.673. The number of pyridine rings is 2. The average Bonchev–Trinajstić information content (AvgIpc) is 2.59. The predicted octanol–water partition coefficient (Wildman–Crippen LogP) is 3.71. The Morgan fingerprint density at radius 3 is 2.50 bits per heavy atom. The SMILES string of the molecule is Nc1ccc(C(=O)Nc2ccncc2Nc2ccc(Cl)cc2)cn1. The standard InChI is InChI=1S/C17H14ClN5O/c18-12-2-4-13(5-3-12)22-15-10-20-8-7-14(15)23-17(24)11-1-6-16(19)21-9-11/h1-10,22H,(H2,19,21)(H,20,23,24). The van der Waals surface area contributed by atoms with Crippen molar-refractivity contribution in [2.24, 2.45) is 0 Å². The summed E-state index contributed by atoms with van der Waals surface area (Å²) in [6.45, 7) is 0. The molecule has 0 aliphatic rings. The number of nitrogen functional groups attached to an aromatic ring is 1.